The summed E-state index contributed by atoms with van der Waals surface area (Å²) in [6.45, 7) is 6.41. The Morgan fingerprint density at radius 1 is 0.950 bits per heavy atom. The molecule has 1 N–H and O–H groups in total. The maximum Gasteiger partial charge on any atom is 0.00201 e. The van der Waals surface area contributed by atoms with Gasteiger partial charge >= 0.3 is 0 Å². The molecule has 2 aromatic rings. The van der Waals surface area contributed by atoms with E-state index in [1.54, 1.807) is 0 Å². The predicted molar refractivity (Wildman–Crippen MR) is 87.2 cm³/mol. The Bertz CT molecular complexity index is 487. The van der Waals surface area contributed by atoms with E-state index >= 15 is 0 Å². The molecule has 0 amide bonds. The Balaban J connectivity index is 1.99. The maximum atomic E-state index is 3.49. The number of hydrogen-bond donors (Lipinski definition) is 1. The molecule has 0 spiro atoms. The van der Waals surface area contributed by atoms with Gasteiger partial charge in [0.05, 0.1) is 0 Å². The van der Waals surface area contributed by atoms with Crippen molar-refractivity contribution in [3.8, 4) is 0 Å². The van der Waals surface area contributed by atoms with Crippen molar-refractivity contribution in [1.82, 2.24) is 5.32 Å². The smallest absolute Gasteiger partial charge is 0.00201 e. The van der Waals surface area contributed by atoms with E-state index in [0.717, 1.165) is 19.5 Å². The molecule has 106 valence electrons. The maximum absolute atomic E-state index is 3.49. The van der Waals surface area contributed by atoms with Gasteiger partial charge in [-0.1, -0.05) is 67.1 Å². The Morgan fingerprint density at radius 2 is 1.65 bits per heavy atom. The highest BCUT2D eigenvalue weighted by molar-refractivity contribution is 5.23. The van der Waals surface area contributed by atoms with Gasteiger partial charge < -0.3 is 5.32 Å². The summed E-state index contributed by atoms with van der Waals surface area (Å²) in [5.41, 5.74) is 4.22. The van der Waals surface area contributed by atoms with Crippen molar-refractivity contribution < 1.29 is 0 Å². The Labute approximate surface area is 123 Å². The van der Waals surface area contributed by atoms with Crippen molar-refractivity contribution in [3.05, 3.63) is 71.3 Å². The van der Waals surface area contributed by atoms with Crippen LogP contribution in [0.25, 0.3) is 0 Å². The Morgan fingerprint density at radius 3 is 2.30 bits per heavy atom. The first-order valence-electron chi connectivity index (χ1n) is 7.60. The fourth-order valence-corrected chi connectivity index (χ4v) is 2.53. The van der Waals surface area contributed by atoms with Gasteiger partial charge in [0.2, 0.25) is 0 Å². The van der Waals surface area contributed by atoms with Gasteiger partial charge in [-0.2, -0.15) is 0 Å². The summed E-state index contributed by atoms with van der Waals surface area (Å²) in [5.74, 6) is 0.595. The predicted octanol–water partition coefficient (Wildman–Crippen LogP) is 4.32. The normalized spacial score (nSPS) is 12.3. The molecular formula is C19H25N. The Kier molecular flexibility index (Phi) is 5.82. The third-order valence-corrected chi connectivity index (χ3v) is 3.81. The molecular weight excluding hydrogens is 242 g/mol. The molecule has 20 heavy (non-hydrogen) atoms. The molecule has 2 aromatic carbocycles. The lowest BCUT2D eigenvalue weighted by Gasteiger charge is -2.18. The first-order valence-corrected chi connectivity index (χ1v) is 7.60. The first kappa shape index (κ1) is 14.8. The molecule has 0 radical (unpaired) electrons. The molecule has 0 heterocycles. The minimum absolute atomic E-state index is 0.595. The first-order chi connectivity index (χ1) is 9.79. The highest BCUT2D eigenvalue weighted by atomic mass is 14.8. The number of aryl methyl sites for hydroxylation is 2. The molecule has 0 aromatic heterocycles. The largest absolute Gasteiger partial charge is 0.316 e. The van der Waals surface area contributed by atoms with E-state index in [9.17, 15) is 0 Å². The quantitative estimate of drug-likeness (QED) is 0.787. The molecule has 1 atom stereocenters. The van der Waals surface area contributed by atoms with Crippen LogP contribution in [-0.2, 0) is 6.42 Å². The molecule has 0 aliphatic heterocycles. The van der Waals surface area contributed by atoms with Crippen LogP contribution in [0.2, 0.25) is 0 Å². The number of rotatable bonds is 7. The zero-order valence-electron chi connectivity index (χ0n) is 12.6. The number of likely N-dealkylation sites (N-methyl/N-ethyl adjacent to an activating group) is 1. The highest BCUT2D eigenvalue weighted by Gasteiger charge is 2.10. The zero-order valence-corrected chi connectivity index (χ0v) is 12.6. The summed E-state index contributed by atoms with van der Waals surface area (Å²) in [5, 5.41) is 3.49. The zero-order chi connectivity index (χ0) is 14.2. The van der Waals surface area contributed by atoms with Crippen LogP contribution in [0.4, 0.5) is 0 Å². The van der Waals surface area contributed by atoms with Gasteiger partial charge in [0.25, 0.3) is 0 Å². The minimum Gasteiger partial charge on any atom is -0.316 e. The lowest BCUT2D eigenvalue weighted by atomic mass is 9.92. The van der Waals surface area contributed by atoms with Crippen molar-refractivity contribution in [1.29, 1.82) is 0 Å². The van der Waals surface area contributed by atoms with E-state index in [1.807, 2.05) is 0 Å². The molecule has 1 unspecified atom stereocenters. The van der Waals surface area contributed by atoms with Crippen LogP contribution in [0, 0.1) is 6.92 Å². The van der Waals surface area contributed by atoms with Crippen molar-refractivity contribution in [2.75, 3.05) is 13.1 Å². The van der Waals surface area contributed by atoms with Crippen molar-refractivity contribution >= 4 is 0 Å². The molecule has 1 nitrogen and oxygen atoms in total. The molecule has 1 heteroatoms. The topological polar surface area (TPSA) is 12.0 Å². The molecule has 0 fully saturated rings. The lowest BCUT2D eigenvalue weighted by molar-refractivity contribution is 0.562. The minimum atomic E-state index is 0.595. The summed E-state index contributed by atoms with van der Waals surface area (Å²) in [6.07, 6.45) is 2.34. The lowest BCUT2D eigenvalue weighted by Crippen LogP contribution is -2.21. The van der Waals surface area contributed by atoms with Crippen LogP contribution in [0.3, 0.4) is 0 Å². The third kappa shape index (κ3) is 4.50. The van der Waals surface area contributed by atoms with E-state index < -0.39 is 0 Å². The van der Waals surface area contributed by atoms with Crippen LogP contribution in [0.5, 0.6) is 0 Å². The van der Waals surface area contributed by atoms with Gasteiger partial charge in [0.15, 0.2) is 0 Å². The SMILES string of the molecule is CCNCC(CCc1ccc(C)cc1)c1ccccc1. The second kappa shape index (κ2) is 7.86. The number of nitrogens with one attached hydrogen (secondary N) is 1. The van der Waals surface area contributed by atoms with E-state index in [1.165, 1.54) is 23.1 Å². The van der Waals surface area contributed by atoms with Crippen molar-refractivity contribution in [3.63, 3.8) is 0 Å². The second-order valence-electron chi connectivity index (χ2n) is 5.44. The Hall–Kier alpha value is -1.60. The molecule has 0 aliphatic carbocycles. The summed E-state index contributed by atoms with van der Waals surface area (Å²) in [7, 11) is 0. The van der Waals surface area contributed by atoms with Gasteiger partial charge in [-0.15, -0.1) is 0 Å². The summed E-state index contributed by atoms with van der Waals surface area (Å²) < 4.78 is 0. The summed E-state index contributed by atoms with van der Waals surface area (Å²) in [6, 6.07) is 19.8. The number of benzene rings is 2. The molecule has 0 bridgehead atoms. The van der Waals surface area contributed by atoms with Gasteiger partial charge in [-0.05, 0) is 43.4 Å². The van der Waals surface area contributed by atoms with E-state index in [4.69, 9.17) is 0 Å². The summed E-state index contributed by atoms with van der Waals surface area (Å²) >= 11 is 0. The van der Waals surface area contributed by atoms with Crippen LogP contribution >= 0.6 is 0 Å². The van der Waals surface area contributed by atoms with Crippen LogP contribution in [0.15, 0.2) is 54.6 Å². The fourth-order valence-electron chi connectivity index (χ4n) is 2.53. The van der Waals surface area contributed by atoms with Gasteiger partial charge in [0, 0.05) is 6.54 Å². The van der Waals surface area contributed by atoms with Crippen LogP contribution in [-0.4, -0.2) is 13.1 Å². The summed E-state index contributed by atoms with van der Waals surface area (Å²) in [4.78, 5) is 0. The van der Waals surface area contributed by atoms with E-state index in [-0.39, 0.29) is 0 Å². The highest BCUT2D eigenvalue weighted by Crippen LogP contribution is 2.21. The van der Waals surface area contributed by atoms with Crippen LogP contribution < -0.4 is 5.32 Å². The van der Waals surface area contributed by atoms with Gasteiger partial charge in [-0.3, -0.25) is 0 Å². The average Bonchev–Trinajstić information content (AvgIpc) is 2.50. The van der Waals surface area contributed by atoms with Crippen molar-refractivity contribution in [2.24, 2.45) is 0 Å². The molecule has 2 rings (SSSR count). The second-order valence-corrected chi connectivity index (χ2v) is 5.44. The van der Waals surface area contributed by atoms with E-state index in [0.29, 0.717) is 5.92 Å². The molecule has 0 saturated heterocycles. The van der Waals surface area contributed by atoms with Crippen LogP contribution in [0.1, 0.15) is 36.0 Å². The molecule has 0 aliphatic rings. The fraction of sp³-hybridized carbons (Fsp3) is 0.368. The molecule has 0 saturated carbocycles. The average molecular weight is 267 g/mol. The monoisotopic (exact) mass is 267 g/mol. The number of hydrogen-bond acceptors (Lipinski definition) is 1. The van der Waals surface area contributed by atoms with Crippen molar-refractivity contribution in [2.45, 2.75) is 32.6 Å². The third-order valence-electron chi connectivity index (χ3n) is 3.81. The standard InChI is InChI=1S/C19H25N/c1-3-20-15-19(18-7-5-4-6-8-18)14-13-17-11-9-16(2)10-12-17/h4-12,19-20H,3,13-15H2,1-2H3. The van der Waals surface area contributed by atoms with Gasteiger partial charge in [-0.25, -0.2) is 0 Å². The van der Waals surface area contributed by atoms with Gasteiger partial charge in [0.1, 0.15) is 0 Å². The van der Waals surface area contributed by atoms with E-state index in [2.05, 4.69) is 73.8 Å².